The van der Waals surface area contributed by atoms with Crippen LogP contribution in [0.4, 0.5) is 13.2 Å². The second-order valence-corrected chi connectivity index (χ2v) is 4.30. The molecule has 1 unspecified atom stereocenters. The molecule has 0 heterocycles. The quantitative estimate of drug-likeness (QED) is 0.942. The van der Waals surface area contributed by atoms with E-state index in [0.29, 0.717) is 0 Å². The van der Waals surface area contributed by atoms with Gasteiger partial charge in [0.05, 0.1) is 19.8 Å². The fourth-order valence-electron chi connectivity index (χ4n) is 1.95. The molecule has 0 bridgehead atoms. The van der Waals surface area contributed by atoms with Crippen LogP contribution in [-0.4, -0.2) is 19.3 Å². The van der Waals surface area contributed by atoms with Crippen LogP contribution in [0.2, 0.25) is 0 Å². The average Bonchev–Trinajstić information content (AvgIpc) is 2.46. The molecular formula is C15H13F3O3. The lowest BCUT2D eigenvalue weighted by Gasteiger charge is -2.15. The molecule has 0 fully saturated rings. The summed E-state index contributed by atoms with van der Waals surface area (Å²) in [6, 6.07) is 5.39. The lowest BCUT2D eigenvalue weighted by atomic mass is 10.00. The van der Waals surface area contributed by atoms with Gasteiger partial charge >= 0.3 is 0 Å². The van der Waals surface area contributed by atoms with Crippen molar-refractivity contribution in [3.8, 4) is 11.5 Å². The van der Waals surface area contributed by atoms with E-state index in [2.05, 4.69) is 0 Å². The number of ether oxygens (including phenoxy) is 2. The lowest BCUT2D eigenvalue weighted by molar-refractivity contribution is 0.208. The zero-order chi connectivity index (χ0) is 15.6. The van der Waals surface area contributed by atoms with Gasteiger partial charge in [0.15, 0.2) is 11.6 Å². The number of benzene rings is 2. The van der Waals surface area contributed by atoms with Crippen LogP contribution < -0.4 is 9.47 Å². The van der Waals surface area contributed by atoms with E-state index in [9.17, 15) is 18.3 Å². The van der Waals surface area contributed by atoms with Gasteiger partial charge in [0.25, 0.3) is 0 Å². The number of halogens is 3. The molecule has 0 aliphatic rings. The van der Waals surface area contributed by atoms with Gasteiger partial charge < -0.3 is 14.6 Å². The summed E-state index contributed by atoms with van der Waals surface area (Å²) in [5.74, 6) is -2.67. The fourth-order valence-corrected chi connectivity index (χ4v) is 1.95. The van der Waals surface area contributed by atoms with Crippen molar-refractivity contribution < 1.29 is 27.8 Å². The van der Waals surface area contributed by atoms with Crippen LogP contribution in [0.1, 0.15) is 17.2 Å². The smallest absolute Gasteiger partial charge is 0.165 e. The van der Waals surface area contributed by atoms with Crippen molar-refractivity contribution in [2.45, 2.75) is 6.10 Å². The number of hydrogen-bond donors (Lipinski definition) is 1. The van der Waals surface area contributed by atoms with E-state index < -0.39 is 29.1 Å². The van der Waals surface area contributed by atoms with Gasteiger partial charge in [-0.3, -0.25) is 0 Å². The highest BCUT2D eigenvalue weighted by molar-refractivity contribution is 5.39. The van der Waals surface area contributed by atoms with Crippen molar-refractivity contribution >= 4 is 0 Å². The zero-order valence-electron chi connectivity index (χ0n) is 11.4. The number of aliphatic hydroxyl groups excluding tert-OH is 1. The zero-order valence-corrected chi connectivity index (χ0v) is 11.4. The molecule has 0 saturated carbocycles. The van der Waals surface area contributed by atoms with E-state index in [-0.39, 0.29) is 17.1 Å². The maximum Gasteiger partial charge on any atom is 0.165 e. The van der Waals surface area contributed by atoms with E-state index in [1.54, 1.807) is 0 Å². The van der Waals surface area contributed by atoms with Gasteiger partial charge in [-0.2, -0.15) is 0 Å². The fraction of sp³-hybridized carbons (Fsp3) is 0.200. The van der Waals surface area contributed by atoms with E-state index in [1.807, 2.05) is 0 Å². The van der Waals surface area contributed by atoms with Gasteiger partial charge in [-0.1, -0.05) is 6.07 Å². The van der Waals surface area contributed by atoms with Gasteiger partial charge in [0.1, 0.15) is 23.5 Å². The summed E-state index contributed by atoms with van der Waals surface area (Å²) < 4.78 is 50.7. The van der Waals surface area contributed by atoms with Gasteiger partial charge in [-0.05, 0) is 17.7 Å². The summed E-state index contributed by atoms with van der Waals surface area (Å²) in [5.41, 5.74) is -0.430. The summed E-state index contributed by atoms with van der Waals surface area (Å²) in [4.78, 5) is 0. The Bertz CT molecular complexity index is 636. The summed E-state index contributed by atoms with van der Waals surface area (Å²) in [6.07, 6.45) is -1.59. The first kappa shape index (κ1) is 15.2. The number of methoxy groups -OCH3 is 2. The third-order valence-corrected chi connectivity index (χ3v) is 3.05. The SMILES string of the molecule is COc1cc(F)c(C(O)c2ccc(F)c(OC)c2)c(F)c1. The van der Waals surface area contributed by atoms with E-state index in [4.69, 9.17) is 9.47 Å². The van der Waals surface area contributed by atoms with Crippen LogP contribution in [0.5, 0.6) is 11.5 Å². The molecule has 1 atom stereocenters. The van der Waals surface area contributed by atoms with Gasteiger partial charge in [0, 0.05) is 12.1 Å². The lowest BCUT2D eigenvalue weighted by Crippen LogP contribution is -2.07. The molecule has 0 aliphatic heterocycles. The summed E-state index contributed by atoms with van der Waals surface area (Å²) >= 11 is 0. The molecule has 0 aromatic heterocycles. The topological polar surface area (TPSA) is 38.7 Å². The molecule has 6 heteroatoms. The monoisotopic (exact) mass is 298 g/mol. The van der Waals surface area contributed by atoms with Crippen LogP contribution >= 0.6 is 0 Å². The van der Waals surface area contributed by atoms with Crippen LogP contribution in [-0.2, 0) is 0 Å². The number of hydrogen-bond acceptors (Lipinski definition) is 3. The molecule has 0 radical (unpaired) electrons. The second-order valence-electron chi connectivity index (χ2n) is 4.30. The molecule has 21 heavy (non-hydrogen) atoms. The average molecular weight is 298 g/mol. The highest BCUT2D eigenvalue weighted by atomic mass is 19.1. The van der Waals surface area contributed by atoms with E-state index >= 15 is 0 Å². The first-order chi connectivity index (χ1) is 9.97. The molecule has 0 aliphatic carbocycles. The summed E-state index contributed by atoms with van der Waals surface area (Å²) in [5, 5.41) is 10.1. The third-order valence-electron chi connectivity index (χ3n) is 3.05. The Kier molecular flexibility index (Phi) is 4.37. The predicted octanol–water partition coefficient (Wildman–Crippen LogP) is 3.20. The standard InChI is InChI=1S/C15H13F3O3/c1-20-9-6-11(17)14(12(18)7-9)15(19)8-3-4-10(16)13(5-8)21-2/h3-7,15,19H,1-2H3. The maximum atomic E-state index is 13.9. The third kappa shape index (κ3) is 2.95. The highest BCUT2D eigenvalue weighted by Gasteiger charge is 2.22. The molecule has 0 saturated heterocycles. The van der Waals surface area contributed by atoms with Crippen molar-refractivity contribution in [3.63, 3.8) is 0 Å². The Hall–Kier alpha value is -2.21. The minimum absolute atomic E-state index is 0.00219. The Balaban J connectivity index is 2.47. The van der Waals surface area contributed by atoms with E-state index in [0.717, 1.165) is 18.2 Å². The molecule has 2 aromatic carbocycles. The first-order valence-electron chi connectivity index (χ1n) is 6.02. The maximum absolute atomic E-state index is 13.9. The molecule has 0 spiro atoms. The van der Waals surface area contributed by atoms with Crippen molar-refractivity contribution in [2.75, 3.05) is 14.2 Å². The van der Waals surface area contributed by atoms with Crippen LogP contribution in [0, 0.1) is 17.5 Å². The van der Waals surface area contributed by atoms with Crippen molar-refractivity contribution in [2.24, 2.45) is 0 Å². The second kappa shape index (κ2) is 6.05. The molecule has 2 aromatic rings. The molecule has 1 N–H and O–H groups in total. The molecule has 3 nitrogen and oxygen atoms in total. The predicted molar refractivity (Wildman–Crippen MR) is 69.9 cm³/mol. The molecule has 2 rings (SSSR count). The van der Waals surface area contributed by atoms with Crippen LogP contribution in [0.3, 0.4) is 0 Å². The molecule has 0 amide bonds. The Morgan fingerprint density at radius 1 is 0.905 bits per heavy atom. The minimum Gasteiger partial charge on any atom is -0.497 e. The van der Waals surface area contributed by atoms with Crippen LogP contribution in [0.25, 0.3) is 0 Å². The number of rotatable bonds is 4. The normalized spacial score (nSPS) is 12.1. The molecule has 112 valence electrons. The first-order valence-corrected chi connectivity index (χ1v) is 6.02. The Morgan fingerprint density at radius 3 is 2.05 bits per heavy atom. The van der Waals surface area contributed by atoms with Crippen LogP contribution in [0.15, 0.2) is 30.3 Å². The van der Waals surface area contributed by atoms with E-state index in [1.165, 1.54) is 26.4 Å². The Morgan fingerprint density at radius 2 is 1.52 bits per heavy atom. The Labute approximate surface area is 119 Å². The van der Waals surface area contributed by atoms with Crippen molar-refractivity contribution in [3.05, 3.63) is 58.9 Å². The van der Waals surface area contributed by atoms with Gasteiger partial charge in [-0.15, -0.1) is 0 Å². The summed E-state index contributed by atoms with van der Waals surface area (Å²) in [6.45, 7) is 0. The van der Waals surface area contributed by atoms with Crippen molar-refractivity contribution in [1.82, 2.24) is 0 Å². The largest absolute Gasteiger partial charge is 0.497 e. The highest BCUT2D eigenvalue weighted by Crippen LogP contribution is 2.32. The molecular weight excluding hydrogens is 285 g/mol. The number of aliphatic hydroxyl groups is 1. The minimum atomic E-state index is -1.59. The van der Waals surface area contributed by atoms with Gasteiger partial charge in [0.2, 0.25) is 0 Å². The van der Waals surface area contributed by atoms with Gasteiger partial charge in [-0.25, -0.2) is 13.2 Å². The summed E-state index contributed by atoms with van der Waals surface area (Å²) in [7, 11) is 2.53. The van der Waals surface area contributed by atoms with Crippen molar-refractivity contribution in [1.29, 1.82) is 0 Å².